The molecule has 39 heavy (non-hydrogen) atoms. The second kappa shape index (κ2) is 11.9. The maximum absolute atomic E-state index is 14.2. The van der Waals surface area contributed by atoms with Crippen molar-refractivity contribution in [1.29, 1.82) is 0 Å². The molecule has 0 bridgehead atoms. The second-order valence-corrected chi connectivity index (χ2v) is 10.6. The summed E-state index contributed by atoms with van der Waals surface area (Å²) in [7, 11) is 0. The van der Waals surface area contributed by atoms with Crippen molar-refractivity contribution in [1.82, 2.24) is 10.3 Å². The van der Waals surface area contributed by atoms with Crippen LogP contribution < -0.4 is 10.2 Å². The number of hydrogen-bond donors (Lipinski definition) is 2. The highest BCUT2D eigenvalue weighted by Crippen LogP contribution is 2.37. The van der Waals surface area contributed by atoms with Crippen LogP contribution in [-0.2, 0) is 11.0 Å². The van der Waals surface area contributed by atoms with Gasteiger partial charge < -0.3 is 15.3 Å². The van der Waals surface area contributed by atoms with Crippen LogP contribution >= 0.6 is 15.9 Å². The van der Waals surface area contributed by atoms with Crippen LogP contribution in [0.1, 0.15) is 58.6 Å². The molecule has 1 aliphatic heterocycles. The van der Waals surface area contributed by atoms with Gasteiger partial charge in [0.1, 0.15) is 12.0 Å². The lowest BCUT2D eigenvalue weighted by molar-refractivity contribution is -0.138. The molecule has 2 N–H and O–H groups in total. The number of nitrogens with zero attached hydrogens (tertiary/aromatic N) is 2. The zero-order valence-corrected chi connectivity index (χ0v) is 22.8. The number of carbonyl (C=O) groups excluding carboxylic acids is 1. The van der Waals surface area contributed by atoms with E-state index in [1.165, 1.54) is 18.2 Å². The molecule has 0 aliphatic carbocycles. The van der Waals surface area contributed by atoms with Gasteiger partial charge in [-0.05, 0) is 56.0 Å². The lowest BCUT2D eigenvalue weighted by Gasteiger charge is -2.32. The van der Waals surface area contributed by atoms with E-state index in [4.69, 9.17) is 4.98 Å². The SMILES string of the molecule is Cc1c(N2CCC[C@@H](F)C2)nc2ccc(Br)cc2c1C(=O)NC[C@H](CCC(=O)O)c1ccccc1C(F)(F)F. The highest BCUT2D eigenvalue weighted by atomic mass is 79.9. The Morgan fingerprint density at radius 2 is 1.97 bits per heavy atom. The van der Waals surface area contributed by atoms with E-state index in [1.807, 2.05) is 4.90 Å². The van der Waals surface area contributed by atoms with Gasteiger partial charge in [-0.25, -0.2) is 9.37 Å². The summed E-state index contributed by atoms with van der Waals surface area (Å²) in [5.74, 6) is -2.08. The average Bonchev–Trinajstić information content (AvgIpc) is 2.87. The Morgan fingerprint density at radius 3 is 2.67 bits per heavy atom. The number of piperidine rings is 1. The van der Waals surface area contributed by atoms with E-state index in [9.17, 15) is 32.3 Å². The third kappa shape index (κ3) is 6.69. The van der Waals surface area contributed by atoms with Gasteiger partial charge in [0.2, 0.25) is 0 Å². The van der Waals surface area contributed by atoms with Gasteiger partial charge in [-0.1, -0.05) is 34.1 Å². The van der Waals surface area contributed by atoms with Crippen LogP contribution in [0.3, 0.4) is 0 Å². The quantitative estimate of drug-likeness (QED) is 0.280. The number of carboxylic acids is 1. The Morgan fingerprint density at radius 1 is 1.23 bits per heavy atom. The van der Waals surface area contributed by atoms with Gasteiger partial charge in [0.25, 0.3) is 5.91 Å². The summed E-state index contributed by atoms with van der Waals surface area (Å²) in [4.78, 5) is 31.5. The van der Waals surface area contributed by atoms with Crippen LogP contribution in [0.4, 0.5) is 23.4 Å². The molecule has 2 aromatic carbocycles. The molecule has 0 radical (unpaired) electrons. The summed E-state index contributed by atoms with van der Waals surface area (Å²) in [5, 5.41) is 12.5. The first kappa shape index (κ1) is 28.8. The molecule has 0 saturated carbocycles. The summed E-state index contributed by atoms with van der Waals surface area (Å²) in [6.45, 7) is 2.26. The molecule has 2 heterocycles. The summed E-state index contributed by atoms with van der Waals surface area (Å²) in [6, 6.07) is 10.3. The summed E-state index contributed by atoms with van der Waals surface area (Å²) >= 11 is 3.42. The standard InChI is InChI=1S/C28H28BrF4N3O3/c1-16-25(21-13-18(29)9-10-23(21)35-26(16)36-12-4-5-19(30)15-36)27(39)34-14-17(8-11-24(37)38)20-6-2-3-7-22(20)28(31,32)33/h2-3,6-7,9-10,13,17,19H,4-5,8,11-12,14-15H2,1H3,(H,34,39)(H,37,38)/t17-,19+/m0/s1. The summed E-state index contributed by atoms with van der Waals surface area (Å²) < 4.78 is 56.1. The number of hydrogen-bond acceptors (Lipinski definition) is 4. The molecule has 3 aromatic rings. The highest BCUT2D eigenvalue weighted by Gasteiger charge is 2.35. The summed E-state index contributed by atoms with van der Waals surface area (Å²) in [6.07, 6.45) is -5.00. The number of anilines is 1. The molecular weight excluding hydrogens is 582 g/mol. The number of fused-ring (bicyclic) bond motifs is 1. The van der Waals surface area contributed by atoms with Gasteiger partial charge in [-0.3, -0.25) is 9.59 Å². The van der Waals surface area contributed by atoms with E-state index in [1.54, 1.807) is 25.1 Å². The normalized spacial score (nSPS) is 16.8. The lowest BCUT2D eigenvalue weighted by atomic mass is 9.89. The number of carboxylic acid groups (broad SMARTS) is 1. The van der Waals surface area contributed by atoms with Crippen molar-refractivity contribution in [2.24, 2.45) is 0 Å². The first-order valence-electron chi connectivity index (χ1n) is 12.6. The predicted octanol–water partition coefficient (Wildman–Crippen LogP) is 6.64. The first-order valence-corrected chi connectivity index (χ1v) is 13.4. The van der Waals surface area contributed by atoms with Gasteiger partial charge in [0.15, 0.2) is 0 Å². The summed E-state index contributed by atoms with van der Waals surface area (Å²) in [5.41, 5.74) is 0.406. The maximum atomic E-state index is 14.2. The van der Waals surface area contributed by atoms with Crippen molar-refractivity contribution in [3.8, 4) is 0 Å². The number of halogens is 5. The third-order valence-corrected chi connectivity index (χ3v) is 7.47. The Bertz CT molecular complexity index is 1380. The molecule has 1 amide bonds. The molecule has 1 saturated heterocycles. The van der Waals surface area contributed by atoms with Crippen molar-refractivity contribution >= 4 is 44.5 Å². The number of benzene rings is 2. The third-order valence-electron chi connectivity index (χ3n) is 6.98. The first-order chi connectivity index (χ1) is 18.5. The average molecular weight is 610 g/mol. The van der Waals surface area contributed by atoms with E-state index in [-0.39, 0.29) is 31.5 Å². The van der Waals surface area contributed by atoms with Gasteiger partial charge in [-0.2, -0.15) is 13.2 Å². The lowest BCUT2D eigenvalue weighted by Crippen LogP contribution is -2.38. The molecule has 1 fully saturated rings. The molecule has 0 spiro atoms. The fourth-order valence-electron chi connectivity index (χ4n) is 5.12. The monoisotopic (exact) mass is 609 g/mol. The zero-order valence-electron chi connectivity index (χ0n) is 21.2. The van der Waals surface area contributed by atoms with Crippen molar-refractivity contribution < 1.29 is 32.3 Å². The molecular formula is C28H28BrF4N3O3. The van der Waals surface area contributed by atoms with Gasteiger partial charge >= 0.3 is 12.1 Å². The topological polar surface area (TPSA) is 82.5 Å². The minimum absolute atomic E-state index is 0.0754. The Labute approximate surface area is 231 Å². The number of pyridine rings is 1. The molecule has 2 atom stereocenters. The van der Waals surface area contributed by atoms with E-state index >= 15 is 0 Å². The highest BCUT2D eigenvalue weighted by molar-refractivity contribution is 9.10. The predicted molar refractivity (Wildman–Crippen MR) is 144 cm³/mol. The fourth-order valence-corrected chi connectivity index (χ4v) is 5.48. The van der Waals surface area contributed by atoms with Crippen molar-refractivity contribution in [2.75, 3.05) is 24.5 Å². The Balaban J connectivity index is 1.70. The number of amides is 1. The molecule has 1 aliphatic rings. The van der Waals surface area contributed by atoms with E-state index in [0.29, 0.717) is 51.7 Å². The Kier molecular flexibility index (Phi) is 8.78. The van der Waals surface area contributed by atoms with Crippen molar-refractivity contribution in [3.05, 3.63) is 69.2 Å². The largest absolute Gasteiger partial charge is 0.481 e. The van der Waals surface area contributed by atoms with E-state index in [0.717, 1.165) is 6.07 Å². The van der Waals surface area contributed by atoms with Crippen molar-refractivity contribution in [3.63, 3.8) is 0 Å². The van der Waals surface area contributed by atoms with E-state index < -0.39 is 35.7 Å². The van der Waals surface area contributed by atoms with Gasteiger partial charge in [-0.15, -0.1) is 0 Å². The fraction of sp³-hybridized carbons (Fsp3) is 0.393. The zero-order chi connectivity index (χ0) is 28.3. The van der Waals surface area contributed by atoms with Crippen LogP contribution in [0, 0.1) is 6.92 Å². The smallest absolute Gasteiger partial charge is 0.416 e. The van der Waals surface area contributed by atoms with Crippen LogP contribution in [0.2, 0.25) is 0 Å². The second-order valence-electron chi connectivity index (χ2n) is 9.71. The van der Waals surface area contributed by atoms with Crippen LogP contribution in [0.25, 0.3) is 10.9 Å². The molecule has 1 aromatic heterocycles. The van der Waals surface area contributed by atoms with Gasteiger partial charge in [0, 0.05) is 40.9 Å². The molecule has 208 valence electrons. The minimum Gasteiger partial charge on any atom is -0.481 e. The van der Waals surface area contributed by atoms with E-state index in [2.05, 4.69) is 21.2 Å². The molecule has 6 nitrogen and oxygen atoms in total. The van der Waals surface area contributed by atoms with Gasteiger partial charge in [0.05, 0.1) is 23.2 Å². The number of rotatable bonds is 8. The maximum Gasteiger partial charge on any atom is 0.416 e. The van der Waals surface area contributed by atoms with Crippen molar-refractivity contribution in [2.45, 2.75) is 50.9 Å². The number of carbonyl (C=O) groups is 2. The minimum atomic E-state index is -4.64. The molecule has 4 rings (SSSR count). The number of alkyl halides is 4. The Hall–Kier alpha value is -3.21. The number of aliphatic carboxylic acids is 1. The van der Waals surface area contributed by atoms with Crippen LogP contribution in [0.5, 0.6) is 0 Å². The molecule has 0 unspecified atom stereocenters. The van der Waals surface area contributed by atoms with Crippen LogP contribution in [-0.4, -0.2) is 47.8 Å². The number of nitrogens with one attached hydrogen (secondary N) is 1. The molecule has 11 heteroatoms. The van der Waals surface area contributed by atoms with Crippen LogP contribution in [0.15, 0.2) is 46.9 Å². The number of aromatic nitrogens is 1.